The van der Waals surface area contributed by atoms with Gasteiger partial charge in [-0.05, 0) is 12.1 Å². The van der Waals surface area contributed by atoms with Crippen LogP contribution in [0.15, 0.2) is 97.1 Å². The number of hydrogen-bond acceptors (Lipinski definition) is 6. The van der Waals surface area contributed by atoms with Crippen molar-refractivity contribution < 1.29 is 18.9 Å². The lowest BCUT2D eigenvalue weighted by molar-refractivity contribution is 0.346. The maximum absolute atomic E-state index is 6.47. The van der Waals surface area contributed by atoms with Crippen molar-refractivity contribution in [3.63, 3.8) is 0 Å². The fourth-order valence-electron chi connectivity index (χ4n) is 6.08. The fraction of sp³-hybridized carbons (Fsp3) is 0.118. The van der Waals surface area contributed by atoms with E-state index in [0.717, 1.165) is 45.3 Å². The van der Waals surface area contributed by atoms with Gasteiger partial charge < -0.3 is 28.9 Å². The quantitative estimate of drug-likeness (QED) is 0.227. The molecule has 8 rings (SSSR count). The maximum Gasteiger partial charge on any atom is 0.241 e. The highest BCUT2D eigenvalue weighted by Gasteiger charge is 2.45. The molecule has 2 aliphatic heterocycles. The summed E-state index contributed by atoms with van der Waals surface area (Å²) >= 11 is 0. The molecule has 0 radical (unpaired) electrons. The Bertz CT molecular complexity index is 1790. The van der Waals surface area contributed by atoms with E-state index in [9.17, 15) is 0 Å². The number of imidazole rings is 2. The largest absolute Gasteiger partial charge is 0.493 e. The van der Waals surface area contributed by atoms with Crippen molar-refractivity contribution in [2.75, 3.05) is 14.2 Å². The number of fused-ring (bicyclic) bond motifs is 4. The van der Waals surface area contributed by atoms with Gasteiger partial charge in [-0.1, -0.05) is 84.9 Å². The van der Waals surface area contributed by atoms with E-state index in [-0.39, 0.29) is 11.8 Å². The van der Waals surface area contributed by atoms with Gasteiger partial charge in [-0.3, -0.25) is 0 Å². The summed E-state index contributed by atoms with van der Waals surface area (Å²) in [4.78, 5) is 17.1. The molecule has 4 heterocycles. The smallest absolute Gasteiger partial charge is 0.241 e. The second-order valence-electron chi connectivity index (χ2n) is 10.3. The lowest BCUT2D eigenvalue weighted by Crippen LogP contribution is -2.22. The molecule has 0 spiro atoms. The molecule has 8 nitrogen and oxygen atoms in total. The molecule has 0 saturated heterocycles. The third-order valence-electron chi connectivity index (χ3n) is 7.97. The maximum atomic E-state index is 6.47. The second-order valence-corrected chi connectivity index (χ2v) is 10.3. The second kappa shape index (κ2) is 9.55. The van der Waals surface area contributed by atoms with Crippen LogP contribution in [0.2, 0.25) is 0 Å². The number of rotatable bonds is 5. The van der Waals surface area contributed by atoms with Crippen molar-refractivity contribution in [1.82, 2.24) is 19.9 Å². The van der Waals surface area contributed by atoms with E-state index in [0.29, 0.717) is 34.8 Å². The molecule has 42 heavy (non-hydrogen) atoms. The summed E-state index contributed by atoms with van der Waals surface area (Å²) in [7, 11) is 3.30. The number of aromatic amines is 2. The number of H-pyrrole nitrogens is 2. The number of para-hydroxylation sites is 2. The zero-order valence-corrected chi connectivity index (χ0v) is 22.9. The molecule has 2 unspecified atom stereocenters. The average Bonchev–Trinajstić information content (AvgIpc) is 3.67. The third-order valence-corrected chi connectivity index (χ3v) is 7.97. The molecule has 0 fully saturated rings. The zero-order valence-electron chi connectivity index (χ0n) is 22.9. The summed E-state index contributed by atoms with van der Waals surface area (Å²) in [5, 5.41) is 0. The van der Waals surface area contributed by atoms with Crippen molar-refractivity contribution >= 4 is 0 Å². The molecule has 4 aromatic carbocycles. The summed E-state index contributed by atoms with van der Waals surface area (Å²) in [6, 6.07) is 32.0. The fourth-order valence-corrected chi connectivity index (χ4v) is 6.08. The molecule has 0 bridgehead atoms. The van der Waals surface area contributed by atoms with Crippen LogP contribution in [0.25, 0.3) is 22.8 Å². The van der Waals surface area contributed by atoms with Gasteiger partial charge in [-0.25, -0.2) is 0 Å². The Labute approximate surface area is 241 Å². The number of aromatic nitrogens is 4. The van der Waals surface area contributed by atoms with Crippen LogP contribution in [-0.2, 0) is 0 Å². The van der Waals surface area contributed by atoms with Gasteiger partial charge in [-0.15, -0.1) is 0 Å². The minimum absolute atomic E-state index is 0.249. The highest BCUT2D eigenvalue weighted by molar-refractivity contribution is 5.67. The first-order valence-corrected chi connectivity index (χ1v) is 13.7. The van der Waals surface area contributed by atoms with Gasteiger partial charge in [0.05, 0.1) is 25.6 Å². The predicted octanol–water partition coefficient (Wildman–Crippen LogP) is 7.66. The van der Waals surface area contributed by atoms with Crippen LogP contribution >= 0.6 is 0 Å². The Kier molecular flexibility index (Phi) is 5.53. The lowest BCUT2D eigenvalue weighted by atomic mass is 9.75. The van der Waals surface area contributed by atoms with Crippen LogP contribution in [0.5, 0.6) is 34.8 Å². The molecule has 6 aromatic rings. The van der Waals surface area contributed by atoms with Gasteiger partial charge in [0.15, 0.2) is 23.0 Å². The molecule has 0 saturated carbocycles. The number of hydrogen-bond donors (Lipinski definition) is 2. The first-order chi connectivity index (χ1) is 20.7. The summed E-state index contributed by atoms with van der Waals surface area (Å²) in [5.74, 6) is 4.54. The summed E-state index contributed by atoms with van der Waals surface area (Å²) in [5.41, 5.74) is 5.58. The SMILES string of the molecule is COc1cccc2c1Oc1nc(-c3ccccc3)[nH]c1C2C1c2cccc(OC)c2Oc2nc(-c3ccccc3)[nH]c21. The van der Waals surface area contributed by atoms with Gasteiger partial charge in [0.25, 0.3) is 0 Å². The standard InChI is InChI=1S/C34H26N4O4/c1-39-23-17-9-15-21-25(27-33(41-29(21)23)37-31(35-27)19-11-5-3-6-12-19)26-22-16-10-18-24(40-2)30(22)42-34-28(26)36-32(38-34)20-13-7-4-8-14-20/h3-18,25-26H,1-2H3,(H,35,37)(H,36,38). The van der Waals surface area contributed by atoms with Gasteiger partial charge in [0.1, 0.15) is 11.6 Å². The third kappa shape index (κ3) is 3.69. The summed E-state index contributed by atoms with van der Waals surface area (Å²) in [6.07, 6.45) is 0. The molecular weight excluding hydrogens is 528 g/mol. The molecular formula is C34H26N4O4. The topological polar surface area (TPSA) is 94.3 Å². The Balaban J connectivity index is 1.39. The Morgan fingerprint density at radius 2 is 0.976 bits per heavy atom. The molecule has 8 heteroatoms. The van der Waals surface area contributed by atoms with Crippen LogP contribution in [0.4, 0.5) is 0 Å². The molecule has 0 aliphatic carbocycles. The Hall–Kier alpha value is -5.50. The van der Waals surface area contributed by atoms with Crippen molar-refractivity contribution in [2.45, 2.75) is 11.8 Å². The van der Waals surface area contributed by atoms with Crippen molar-refractivity contribution in [2.24, 2.45) is 0 Å². The number of methoxy groups -OCH3 is 2. The van der Waals surface area contributed by atoms with Crippen LogP contribution in [-0.4, -0.2) is 34.2 Å². The average molecular weight is 555 g/mol. The number of nitrogens with one attached hydrogen (secondary N) is 2. The van der Waals surface area contributed by atoms with Gasteiger partial charge in [-0.2, -0.15) is 9.97 Å². The number of nitrogens with zero attached hydrogens (tertiary/aromatic N) is 2. The number of benzene rings is 4. The molecule has 2 atom stereocenters. The zero-order chi connectivity index (χ0) is 28.2. The van der Waals surface area contributed by atoms with Gasteiger partial charge in [0, 0.05) is 34.1 Å². The van der Waals surface area contributed by atoms with E-state index in [4.69, 9.17) is 28.9 Å². The van der Waals surface area contributed by atoms with Crippen LogP contribution in [0, 0.1) is 0 Å². The predicted molar refractivity (Wildman–Crippen MR) is 158 cm³/mol. The molecule has 206 valence electrons. The van der Waals surface area contributed by atoms with Crippen molar-refractivity contribution in [3.05, 3.63) is 120 Å². The van der Waals surface area contributed by atoms with Crippen molar-refractivity contribution in [1.29, 1.82) is 0 Å². The van der Waals surface area contributed by atoms with Crippen molar-refractivity contribution in [3.8, 4) is 57.5 Å². The van der Waals surface area contributed by atoms with E-state index in [1.54, 1.807) is 14.2 Å². The van der Waals surface area contributed by atoms with E-state index in [1.807, 2.05) is 84.9 Å². The van der Waals surface area contributed by atoms with Crippen LogP contribution in [0.3, 0.4) is 0 Å². The minimum atomic E-state index is -0.249. The Morgan fingerprint density at radius 3 is 1.38 bits per heavy atom. The highest BCUT2D eigenvalue weighted by Crippen LogP contribution is 2.59. The van der Waals surface area contributed by atoms with E-state index in [1.165, 1.54) is 0 Å². The summed E-state index contributed by atoms with van der Waals surface area (Å²) < 4.78 is 24.5. The van der Waals surface area contributed by atoms with Crippen LogP contribution < -0.4 is 18.9 Å². The molecule has 2 aromatic heterocycles. The normalized spacial score (nSPS) is 16.2. The Morgan fingerprint density at radius 1 is 0.548 bits per heavy atom. The minimum Gasteiger partial charge on any atom is -0.493 e. The van der Waals surface area contributed by atoms with Gasteiger partial charge in [0.2, 0.25) is 11.8 Å². The highest BCUT2D eigenvalue weighted by atomic mass is 16.5. The number of ether oxygens (including phenoxy) is 4. The molecule has 2 N–H and O–H groups in total. The first-order valence-electron chi connectivity index (χ1n) is 13.7. The molecule has 2 aliphatic rings. The van der Waals surface area contributed by atoms with E-state index >= 15 is 0 Å². The first kappa shape index (κ1) is 24.3. The van der Waals surface area contributed by atoms with Gasteiger partial charge >= 0.3 is 0 Å². The lowest BCUT2D eigenvalue weighted by Gasteiger charge is -2.35. The molecule has 0 amide bonds. The monoisotopic (exact) mass is 554 g/mol. The summed E-state index contributed by atoms with van der Waals surface area (Å²) in [6.45, 7) is 0. The van der Waals surface area contributed by atoms with E-state index < -0.39 is 0 Å². The van der Waals surface area contributed by atoms with E-state index in [2.05, 4.69) is 22.1 Å². The van der Waals surface area contributed by atoms with Crippen LogP contribution in [0.1, 0.15) is 34.4 Å².